The second-order valence-corrected chi connectivity index (χ2v) is 8.72. The molecule has 0 aliphatic carbocycles. The predicted molar refractivity (Wildman–Crippen MR) is 106 cm³/mol. The summed E-state index contributed by atoms with van der Waals surface area (Å²) in [6, 6.07) is 15.3. The maximum absolute atomic E-state index is 12.7. The average Bonchev–Trinajstić information content (AvgIpc) is 2.92. The Morgan fingerprint density at radius 1 is 1.16 bits per heavy atom. The molecule has 0 bridgehead atoms. The van der Waals surface area contributed by atoms with Crippen LogP contribution in [0.4, 0.5) is 5.95 Å². The minimum atomic E-state index is -3.61. The van der Waals surface area contributed by atoms with E-state index >= 15 is 0 Å². The number of nitrogens with zero attached hydrogens (tertiary/aromatic N) is 2. The largest absolute Gasteiger partial charge is 0.368 e. The summed E-state index contributed by atoms with van der Waals surface area (Å²) in [5.74, 6) is -0.0232. The Morgan fingerprint density at radius 2 is 1.84 bits per heavy atom. The fourth-order valence-corrected chi connectivity index (χ4v) is 4.30. The van der Waals surface area contributed by atoms with Crippen LogP contribution in [-0.4, -0.2) is 22.6 Å². The van der Waals surface area contributed by atoms with Gasteiger partial charge in [-0.15, -0.1) is 0 Å². The van der Waals surface area contributed by atoms with Crippen LogP contribution in [0.15, 0.2) is 53.5 Å². The first kappa shape index (κ1) is 17.7. The van der Waals surface area contributed by atoms with Crippen molar-refractivity contribution in [1.82, 2.24) is 8.96 Å². The molecule has 7 heteroatoms. The normalized spacial score (nSPS) is 12.9. The zero-order chi connectivity index (χ0) is 18.2. The molecule has 0 aliphatic heterocycles. The summed E-state index contributed by atoms with van der Waals surface area (Å²) in [5.41, 5.74) is 9.75. The molecular weight excluding hydrogens is 402 g/mol. The van der Waals surface area contributed by atoms with Crippen LogP contribution in [-0.2, 0) is 10.0 Å². The molecule has 1 aromatic heterocycles. The topological polar surface area (TPSA) is 78.0 Å². The Hall–Kier alpha value is -2.12. The monoisotopic (exact) mass is 419 g/mol. The van der Waals surface area contributed by atoms with Crippen molar-refractivity contribution in [1.29, 1.82) is 0 Å². The van der Waals surface area contributed by atoms with Crippen LogP contribution in [0.2, 0.25) is 0 Å². The number of nitrogen functional groups attached to an aromatic ring is 1. The first-order chi connectivity index (χ1) is 11.9. The lowest BCUT2D eigenvalue weighted by molar-refractivity contribution is 0.580. The van der Waals surface area contributed by atoms with Crippen LogP contribution in [0.25, 0.3) is 16.6 Å². The summed E-state index contributed by atoms with van der Waals surface area (Å²) in [4.78, 5) is 6.02. The van der Waals surface area contributed by atoms with Gasteiger partial charge < -0.3 is 5.73 Å². The lowest BCUT2D eigenvalue weighted by atomic mass is 9.99. The maximum Gasteiger partial charge on any atom is 0.244 e. The van der Waals surface area contributed by atoms with Crippen LogP contribution in [0.5, 0.6) is 0 Å². The van der Waals surface area contributed by atoms with E-state index in [2.05, 4.69) is 20.9 Å². The predicted octanol–water partition coefficient (Wildman–Crippen LogP) is 3.99. The molecule has 0 amide bonds. The van der Waals surface area contributed by atoms with E-state index in [0.717, 1.165) is 20.7 Å². The van der Waals surface area contributed by atoms with Crippen LogP contribution in [0.1, 0.15) is 25.0 Å². The van der Waals surface area contributed by atoms with Gasteiger partial charge >= 0.3 is 0 Å². The van der Waals surface area contributed by atoms with Crippen molar-refractivity contribution in [3.05, 3.63) is 64.6 Å². The molecular formula is C18H18BrN3O2S. The van der Waals surface area contributed by atoms with Crippen molar-refractivity contribution >= 4 is 48.5 Å². The fraction of sp³-hybridized carbons (Fsp3) is 0.167. The Labute approximate surface area is 155 Å². The third kappa shape index (κ3) is 3.09. The van der Waals surface area contributed by atoms with Gasteiger partial charge in [0.25, 0.3) is 0 Å². The molecule has 3 rings (SSSR count). The van der Waals surface area contributed by atoms with Crippen molar-refractivity contribution in [3.8, 4) is 0 Å². The van der Waals surface area contributed by atoms with Crippen molar-refractivity contribution in [2.75, 3.05) is 5.73 Å². The molecule has 130 valence electrons. The highest BCUT2D eigenvalue weighted by Gasteiger charge is 2.24. The molecule has 0 aliphatic rings. The van der Waals surface area contributed by atoms with Crippen LogP contribution < -0.4 is 5.73 Å². The summed E-state index contributed by atoms with van der Waals surface area (Å²) in [6.45, 7) is 3.25. The van der Waals surface area contributed by atoms with Gasteiger partial charge in [0.1, 0.15) is 0 Å². The van der Waals surface area contributed by atoms with E-state index in [4.69, 9.17) is 5.73 Å². The highest BCUT2D eigenvalue weighted by molar-refractivity contribution is 9.11. The molecule has 0 spiro atoms. The lowest BCUT2D eigenvalue weighted by Gasteiger charge is -2.12. The van der Waals surface area contributed by atoms with E-state index in [-0.39, 0.29) is 5.95 Å². The number of nitrogens with two attached hydrogens (primary N) is 1. The number of hydrogen-bond acceptors (Lipinski definition) is 4. The van der Waals surface area contributed by atoms with Crippen LogP contribution in [0.3, 0.4) is 0 Å². The highest BCUT2D eigenvalue weighted by Crippen LogP contribution is 2.29. The van der Waals surface area contributed by atoms with Gasteiger partial charge in [-0.25, -0.2) is 17.4 Å². The minimum absolute atomic E-state index is 0.0232. The summed E-state index contributed by atoms with van der Waals surface area (Å²) in [5, 5.41) is -0.601. The van der Waals surface area contributed by atoms with E-state index in [0.29, 0.717) is 11.0 Å². The van der Waals surface area contributed by atoms with Gasteiger partial charge in [0.05, 0.1) is 16.3 Å². The van der Waals surface area contributed by atoms with Crippen LogP contribution >= 0.6 is 15.9 Å². The standard InChI is InChI=1S/C18H18BrN3O2S/c1-12(2)25(23,24)22-17-10-14(8-9-16(17)21-18(22)20)15(11-19)13-6-4-3-5-7-13/h3-12H,1-2H3,(H2,20,21)/b15-11-. The van der Waals surface area contributed by atoms with E-state index in [1.807, 2.05) is 41.4 Å². The third-order valence-corrected chi connectivity index (χ3v) is 6.53. The van der Waals surface area contributed by atoms with Gasteiger partial charge in [0.15, 0.2) is 0 Å². The molecule has 0 saturated heterocycles. The molecule has 3 aromatic rings. The smallest absolute Gasteiger partial charge is 0.244 e. The molecule has 0 fully saturated rings. The number of halogens is 1. The molecule has 0 saturated carbocycles. The number of imidazole rings is 1. The summed E-state index contributed by atoms with van der Waals surface area (Å²) >= 11 is 3.41. The van der Waals surface area contributed by atoms with E-state index in [1.54, 1.807) is 26.0 Å². The molecule has 0 unspecified atom stereocenters. The molecule has 5 nitrogen and oxygen atoms in total. The van der Waals surface area contributed by atoms with Gasteiger partial charge in [-0.1, -0.05) is 52.3 Å². The summed E-state index contributed by atoms with van der Waals surface area (Å²) in [6.07, 6.45) is 0. The average molecular weight is 420 g/mol. The minimum Gasteiger partial charge on any atom is -0.368 e. The second kappa shape index (κ2) is 6.65. The number of anilines is 1. The zero-order valence-corrected chi connectivity index (χ0v) is 16.3. The van der Waals surface area contributed by atoms with E-state index in [9.17, 15) is 8.42 Å². The van der Waals surface area contributed by atoms with Crippen molar-refractivity contribution in [3.63, 3.8) is 0 Å². The zero-order valence-electron chi connectivity index (χ0n) is 13.8. The highest BCUT2D eigenvalue weighted by atomic mass is 79.9. The summed E-state index contributed by atoms with van der Waals surface area (Å²) < 4.78 is 26.5. The Morgan fingerprint density at radius 3 is 2.44 bits per heavy atom. The van der Waals surface area contributed by atoms with Gasteiger partial charge in [-0.2, -0.15) is 0 Å². The first-order valence-electron chi connectivity index (χ1n) is 7.75. The molecule has 25 heavy (non-hydrogen) atoms. The van der Waals surface area contributed by atoms with Gasteiger partial charge in [0.2, 0.25) is 16.0 Å². The lowest BCUT2D eigenvalue weighted by Crippen LogP contribution is -2.23. The number of benzene rings is 2. The van der Waals surface area contributed by atoms with Crippen molar-refractivity contribution < 1.29 is 8.42 Å². The molecule has 0 atom stereocenters. The Kier molecular flexibility index (Phi) is 4.71. The quantitative estimate of drug-likeness (QED) is 0.693. The number of hydrogen-bond donors (Lipinski definition) is 1. The van der Waals surface area contributed by atoms with Crippen molar-refractivity contribution in [2.24, 2.45) is 0 Å². The van der Waals surface area contributed by atoms with Gasteiger partial charge in [-0.05, 0) is 47.7 Å². The maximum atomic E-state index is 12.7. The van der Waals surface area contributed by atoms with Crippen molar-refractivity contribution in [2.45, 2.75) is 19.1 Å². The van der Waals surface area contributed by atoms with Gasteiger partial charge in [-0.3, -0.25) is 0 Å². The Balaban J connectivity index is 2.24. The molecule has 2 aromatic carbocycles. The van der Waals surface area contributed by atoms with E-state index < -0.39 is 15.3 Å². The molecule has 0 radical (unpaired) electrons. The Bertz CT molecular complexity index is 1050. The van der Waals surface area contributed by atoms with Crippen LogP contribution in [0, 0.1) is 0 Å². The first-order valence-corrected chi connectivity index (χ1v) is 10.2. The second-order valence-electron chi connectivity index (χ2n) is 5.92. The molecule has 1 heterocycles. The van der Waals surface area contributed by atoms with E-state index in [1.165, 1.54) is 0 Å². The number of rotatable bonds is 4. The number of fused-ring (bicyclic) bond motifs is 1. The number of aromatic nitrogens is 2. The molecule has 2 N–H and O–H groups in total. The third-order valence-electron chi connectivity index (χ3n) is 3.99. The fourth-order valence-electron chi connectivity index (χ4n) is 2.63. The van der Waals surface area contributed by atoms with Gasteiger partial charge in [0, 0.05) is 0 Å². The SMILES string of the molecule is CC(C)S(=O)(=O)n1c(N)nc2ccc(/C(=C\Br)c3ccccc3)cc21. The summed E-state index contributed by atoms with van der Waals surface area (Å²) in [7, 11) is -3.61.